The zero-order valence-corrected chi connectivity index (χ0v) is 11.8. The summed E-state index contributed by atoms with van der Waals surface area (Å²) < 4.78 is 0. The van der Waals surface area contributed by atoms with E-state index in [1.807, 2.05) is 42.5 Å². The molecule has 0 unspecified atom stereocenters. The molecule has 0 atom stereocenters. The van der Waals surface area contributed by atoms with E-state index in [-0.39, 0.29) is 0 Å². The van der Waals surface area contributed by atoms with Gasteiger partial charge < -0.3 is 10.3 Å². The van der Waals surface area contributed by atoms with E-state index in [9.17, 15) is 0 Å². The van der Waals surface area contributed by atoms with Crippen molar-refractivity contribution in [3.8, 4) is 0 Å². The first-order valence-electron chi connectivity index (χ1n) is 7.15. The number of hydrogen-bond acceptors (Lipinski definition) is 5. The predicted molar refractivity (Wildman–Crippen MR) is 85.6 cm³/mol. The van der Waals surface area contributed by atoms with Crippen LogP contribution in [0.2, 0.25) is 0 Å². The third-order valence-corrected chi connectivity index (χ3v) is 3.51. The molecule has 22 heavy (non-hydrogen) atoms. The Morgan fingerprint density at radius 1 is 1.00 bits per heavy atom. The summed E-state index contributed by atoms with van der Waals surface area (Å²) in [6.45, 7) is 0.713. The molecule has 0 saturated heterocycles. The molecule has 0 aliphatic carbocycles. The van der Waals surface area contributed by atoms with Crippen molar-refractivity contribution < 1.29 is 0 Å². The number of rotatable bonds is 4. The van der Waals surface area contributed by atoms with Gasteiger partial charge in [-0.05, 0) is 18.2 Å². The lowest BCUT2D eigenvalue weighted by atomic mass is 10.2. The summed E-state index contributed by atoms with van der Waals surface area (Å²) in [5.41, 5.74) is 3.60. The molecule has 0 amide bonds. The molecular formula is C16H14N6. The predicted octanol–water partition coefficient (Wildman–Crippen LogP) is 2.56. The van der Waals surface area contributed by atoms with E-state index in [0.717, 1.165) is 34.2 Å². The van der Waals surface area contributed by atoms with E-state index < -0.39 is 0 Å². The van der Waals surface area contributed by atoms with Crippen molar-refractivity contribution in [1.82, 2.24) is 25.1 Å². The van der Waals surface area contributed by atoms with E-state index in [1.54, 1.807) is 6.20 Å². The Bertz CT molecular complexity index is 916. The van der Waals surface area contributed by atoms with Crippen LogP contribution >= 0.6 is 0 Å². The van der Waals surface area contributed by atoms with Crippen molar-refractivity contribution in [3.63, 3.8) is 0 Å². The van der Waals surface area contributed by atoms with E-state index >= 15 is 0 Å². The van der Waals surface area contributed by atoms with Gasteiger partial charge in [-0.1, -0.05) is 24.3 Å². The molecule has 6 heteroatoms. The smallest absolute Gasteiger partial charge is 0.244 e. The van der Waals surface area contributed by atoms with Gasteiger partial charge in [0.25, 0.3) is 0 Å². The Labute approximate surface area is 126 Å². The first-order valence-corrected chi connectivity index (χ1v) is 7.15. The molecule has 3 heterocycles. The highest BCUT2D eigenvalue weighted by atomic mass is 15.2. The van der Waals surface area contributed by atoms with Crippen LogP contribution in [0, 0.1) is 0 Å². The van der Waals surface area contributed by atoms with Gasteiger partial charge in [0, 0.05) is 35.8 Å². The molecule has 0 saturated carbocycles. The third-order valence-electron chi connectivity index (χ3n) is 3.51. The number of aromatic nitrogens is 5. The minimum atomic E-state index is 0.523. The molecule has 1 aromatic carbocycles. The zero-order valence-electron chi connectivity index (χ0n) is 11.8. The van der Waals surface area contributed by atoms with E-state index in [0.29, 0.717) is 12.5 Å². The van der Waals surface area contributed by atoms with Gasteiger partial charge in [-0.2, -0.15) is 4.98 Å². The average Bonchev–Trinajstić information content (AvgIpc) is 2.93. The molecule has 0 aliphatic heterocycles. The molecule has 0 bridgehead atoms. The molecule has 4 aromatic rings. The minimum absolute atomic E-state index is 0.523. The molecule has 0 radical (unpaired) electrons. The van der Waals surface area contributed by atoms with Gasteiger partial charge in [0.2, 0.25) is 5.95 Å². The Morgan fingerprint density at radius 2 is 1.91 bits per heavy atom. The third kappa shape index (κ3) is 2.35. The van der Waals surface area contributed by atoms with Crippen molar-refractivity contribution in [3.05, 3.63) is 54.4 Å². The number of nitrogens with one attached hydrogen (secondary N) is 2. The Kier molecular flexibility index (Phi) is 3.12. The molecular weight excluding hydrogens is 276 g/mol. The van der Waals surface area contributed by atoms with Crippen molar-refractivity contribution in [1.29, 1.82) is 0 Å². The largest absolute Gasteiger partial charge is 0.352 e. The average molecular weight is 290 g/mol. The second kappa shape index (κ2) is 5.40. The summed E-state index contributed by atoms with van der Waals surface area (Å²) in [6, 6.07) is 13.9. The number of para-hydroxylation sites is 1. The van der Waals surface area contributed by atoms with E-state index in [4.69, 9.17) is 0 Å². The molecule has 0 spiro atoms. The minimum Gasteiger partial charge on any atom is -0.352 e. The van der Waals surface area contributed by atoms with E-state index in [1.165, 1.54) is 0 Å². The highest BCUT2D eigenvalue weighted by molar-refractivity contribution is 6.03. The number of fused-ring (bicyclic) bond motifs is 3. The fourth-order valence-electron chi connectivity index (χ4n) is 2.44. The van der Waals surface area contributed by atoms with Crippen molar-refractivity contribution >= 4 is 28.0 Å². The number of H-pyrrole nitrogens is 1. The first kappa shape index (κ1) is 12.7. The Balaban J connectivity index is 1.54. The van der Waals surface area contributed by atoms with Crippen LogP contribution in [-0.4, -0.2) is 31.7 Å². The second-order valence-electron chi connectivity index (χ2n) is 5.00. The lowest BCUT2D eigenvalue weighted by Crippen LogP contribution is -2.09. The molecule has 4 rings (SSSR count). The van der Waals surface area contributed by atoms with Crippen LogP contribution in [0.5, 0.6) is 0 Å². The molecule has 3 aromatic heterocycles. The molecule has 108 valence electrons. The van der Waals surface area contributed by atoms with Gasteiger partial charge in [-0.15, -0.1) is 10.2 Å². The van der Waals surface area contributed by atoms with Gasteiger partial charge in [0.15, 0.2) is 5.65 Å². The Hall–Kier alpha value is -3.02. The van der Waals surface area contributed by atoms with Crippen LogP contribution in [0.3, 0.4) is 0 Å². The van der Waals surface area contributed by atoms with Gasteiger partial charge >= 0.3 is 0 Å². The summed E-state index contributed by atoms with van der Waals surface area (Å²) in [4.78, 5) is 12.0. The van der Waals surface area contributed by atoms with E-state index in [2.05, 4.69) is 30.5 Å². The standard InChI is InChI=1S/C16H14N6/c1-2-7-13-12(6-1)14-15(19-13)20-16(22-21-14)18-10-8-11-5-3-4-9-17-11/h1-7,9H,8,10H2,(H2,18,19,20,22). The number of anilines is 1. The lowest BCUT2D eigenvalue weighted by Gasteiger charge is -2.03. The highest BCUT2D eigenvalue weighted by Crippen LogP contribution is 2.21. The van der Waals surface area contributed by atoms with Gasteiger partial charge in [-0.3, -0.25) is 4.98 Å². The van der Waals surface area contributed by atoms with Gasteiger partial charge in [0.1, 0.15) is 5.52 Å². The Morgan fingerprint density at radius 3 is 2.82 bits per heavy atom. The molecule has 6 nitrogen and oxygen atoms in total. The quantitative estimate of drug-likeness (QED) is 0.604. The summed E-state index contributed by atoms with van der Waals surface area (Å²) in [7, 11) is 0. The fourth-order valence-corrected chi connectivity index (χ4v) is 2.44. The zero-order chi connectivity index (χ0) is 14.8. The van der Waals surface area contributed by atoms with Crippen LogP contribution < -0.4 is 5.32 Å². The normalized spacial score (nSPS) is 11.1. The number of nitrogens with zero attached hydrogens (tertiary/aromatic N) is 4. The summed E-state index contributed by atoms with van der Waals surface area (Å²) >= 11 is 0. The maximum atomic E-state index is 4.48. The number of hydrogen-bond donors (Lipinski definition) is 2. The summed E-state index contributed by atoms with van der Waals surface area (Å²) in [5.74, 6) is 0.523. The molecule has 0 aliphatic rings. The van der Waals surface area contributed by atoms with Crippen molar-refractivity contribution in [2.24, 2.45) is 0 Å². The van der Waals surface area contributed by atoms with Crippen LogP contribution in [0.4, 0.5) is 5.95 Å². The topological polar surface area (TPSA) is 79.4 Å². The van der Waals surface area contributed by atoms with Crippen LogP contribution in [0.15, 0.2) is 48.7 Å². The van der Waals surface area contributed by atoms with Crippen molar-refractivity contribution in [2.45, 2.75) is 6.42 Å². The maximum Gasteiger partial charge on any atom is 0.244 e. The van der Waals surface area contributed by atoms with Crippen molar-refractivity contribution in [2.75, 3.05) is 11.9 Å². The summed E-state index contributed by atoms with van der Waals surface area (Å²) in [5, 5.41) is 12.6. The monoisotopic (exact) mass is 290 g/mol. The highest BCUT2D eigenvalue weighted by Gasteiger charge is 2.08. The fraction of sp³-hybridized carbons (Fsp3) is 0.125. The SMILES string of the molecule is c1ccc(CCNc2nnc3c(n2)[nH]c2ccccc23)nc1. The molecule has 2 N–H and O–H groups in total. The van der Waals surface area contributed by atoms with Crippen LogP contribution in [0.1, 0.15) is 5.69 Å². The molecule has 0 fully saturated rings. The van der Waals surface area contributed by atoms with Gasteiger partial charge in [-0.25, -0.2) is 0 Å². The lowest BCUT2D eigenvalue weighted by molar-refractivity contribution is 0.924. The number of benzene rings is 1. The first-order chi connectivity index (χ1) is 10.9. The van der Waals surface area contributed by atoms with Crippen LogP contribution in [-0.2, 0) is 6.42 Å². The summed E-state index contributed by atoms with van der Waals surface area (Å²) in [6.07, 6.45) is 2.61. The van der Waals surface area contributed by atoms with Crippen LogP contribution in [0.25, 0.3) is 22.1 Å². The number of aromatic amines is 1. The number of pyridine rings is 1. The second-order valence-corrected chi connectivity index (χ2v) is 5.00. The maximum absolute atomic E-state index is 4.48. The van der Waals surface area contributed by atoms with Gasteiger partial charge in [0.05, 0.1) is 0 Å².